The molecule has 1 aliphatic rings. The Morgan fingerprint density at radius 2 is 1.89 bits per heavy atom. The summed E-state index contributed by atoms with van der Waals surface area (Å²) in [4.78, 5) is 0.316. The fourth-order valence-electron chi connectivity index (χ4n) is 1.95. The van der Waals surface area contributed by atoms with E-state index in [1.807, 2.05) is 6.92 Å². The molecule has 4 nitrogen and oxygen atoms in total. The molecule has 1 fully saturated rings. The first-order chi connectivity index (χ1) is 8.38. The van der Waals surface area contributed by atoms with Gasteiger partial charge in [0.15, 0.2) is 9.84 Å². The molecule has 0 radical (unpaired) electrons. The first-order valence-corrected chi connectivity index (χ1v) is 9.06. The van der Waals surface area contributed by atoms with E-state index < -0.39 is 20.6 Å². The van der Waals surface area contributed by atoms with Crippen molar-refractivity contribution in [3.63, 3.8) is 0 Å². The standard InChI is InChI=1S/C12H17NO3S2/c1-9-7-13-12(8-17(9)14)10-3-5-11(6-4-10)18(2,15)16/h3-6,9,12-13H,7-8H2,1-2H3. The topological polar surface area (TPSA) is 63.2 Å². The zero-order valence-corrected chi connectivity index (χ0v) is 12.1. The molecule has 18 heavy (non-hydrogen) atoms. The second-order valence-corrected chi connectivity index (χ2v) is 8.58. The maximum absolute atomic E-state index is 11.8. The summed E-state index contributed by atoms with van der Waals surface area (Å²) in [5, 5.41) is 3.51. The fraction of sp³-hybridized carbons (Fsp3) is 0.500. The van der Waals surface area contributed by atoms with Crippen LogP contribution in [0, 0.1) is 0 Å². The largest absolute Gasteiger partial charge is 0.308 e. The van der Waals surface area contributed by atoms with Crippen molar-refractivity contribution < 1.29 is 12.6 Å². The van der Waals surface area contributed by atoms with E-state index in [0.717, 1.165) is 12.1 Å². The van der Waals surface area contributed by atoms with E-state index in [2.05, 4.69) is 5.32 Å². The third-order valence-electron chi connectivity index (χ3n) is 3.14. The molecule has 2 rings (SSSR count). The minimum atomic E-state index is -3.15. The van der Waals surface area contributed by atoms with Crippen molar-refractivity contribution in [2.75, 3.05) is 18.6 Å². The highest BCUT2D eigenvalue weighted by molar-refractivity contribution is 7.90. The molecule has 6 heteroatoms. The maximum atomic E-state index is 11.8. The van der Waals surface area contributed by atoms with Gasteiger partial charge in [-0.15, -0.1) is 0 Å². The predicted octanol–water partition coefficient (Wildman–Crippen LogP) is 0.872. The number of sulfone groups is 1. The molecule has 0 saturated carbocycles. The molecular formula is C12H17NO3S2. The Kier molecular flexibility index (Phi) is 3.89. The highest BCUT2D eigenvalue weighted by Gasteiger charge is 2.24. The lowest BCUT2D eigenvalue weighted by atomic mass is 10.1. The van der Waals surface area contributed by atoms with Gasteiger partial charge >= 0.3 is 0 Å². The van der Waals surface area contributed by atoms with Gasteiger partial charge in [0.2, 0.25) is 0 Å². The van der Waals surface area contributed by atoms with Gasteiger partial charge in [0.25, 0.3) is 0 Å². The van der Waals surface area contributed by atoms with Crippen molar-refractivity contribution in [1.29, 1.82) is 0 Å². The predicted molar refractivity (Wildman–Crippen MR) is 72.8 cm³/mol. The first kappa shape index (κ1) is 13.7. The van der Waals surface area contributed by atoms with E-state index >= 15 is 0 Å². The second kappa shape index (κ2) is 5.11. The number of nitrogens with one attached hydrogen (secondary N) is 1. The SMILES string of the molecule is CC1CNC(c2ccc(S(C)(=O)=O)cc2)CS1=O. The Balaban J connectivity index is 2.18. The summed E-state index contributed by atoms with van der Waals surface area (Å²) in [6.45, 7) is 2.69. The van der Waals surface area contributed by atoms with Crippen molar-refractivity contribution in [3.05, 3.63) is 29.8 Å². The van der Waals surface area contributed by atoms with Crippen LogP contribution in [0.15, 0.2) is 29.2 Å². The van der Waals surface area contributed by atoms with E-state index in [4.69, 9.17) is 0 Å². The average Bonchev–Trinajstić information content (AvgIpc) is 2.32. The molecule has 0 aliphatic carbocycles. The zero-order chi connectivity index (χ0) is 13.3. The lowest BCUT2D eigenvalue weighted by Gasteiger charge is -2.27. The lowest BCUT2D eigenvalue weighted by molar-refractivity contribution is 0.540. The van der Waals surface area contributed by atoms with Gasteiger partial charge in [-0.1, -0.05) is 12.1 Å². The van der Waals surface area contributed by atoms with Crippen LogP contribution in [0.4, 0.5) is 0 Å². The van der Waals surface area contributed by atoms with Crippen molar-refractivity contribution in [1.82, 2.24) is 5.32 Å². The van der Waals surface area contributed by atoms with Crippen LogP contribution in [-0.2, 0) is 20.6 Å². The van der Waals surface area contributed by atoms with Crippen LogP contribution in [0.3, 0.4) is 0 Å². The molecule has 1 N–H and O–H groups in total. The van der Waals surface area contributed by atoms with Crippen molar-refractivity contribution in [2.24, 2.45) is 0 Å². The quantitative estimate of drug-likeness (QED) is 0.877. The van der Waals surface area contributed by atoms with E-state index in [9.17, 15) is 12.6 Å². The Morgan fingerprint density at radius 3 is 2.39 bits per heavy atom. The molecule has 0 spiro atoms. The van der Waals surface area contributed by atoms with E-state index in [-0.39, 0.29) is 11.3 Å². The van der Waals surface area contributed by atoms with Crippen molar-refractivity contribution in [3.8, 4) is 0 Å². The summed E-state index contributed by atoms with van der Waals surface area (Å²) in [7, 11) is -3.97. The highest BCUT2D eigenvalue weighted by Crippen LogP contribution is 2.21. The van der Waals surface area contributed by atoms with Gasteiger partial charge < -0.3 is 5.32 Å². The third kappa shape index (κ3) is 2.99. The lowest BCUT2D eigenvalue weighted by Crippen LogP contribution is -2.41. The molecule has 100 valence electrons. The third-order valence-corrected chi connectivity index (χ3v) is 6.00. The van der Waals surface area contributed by atoms with Gasteiger partial charge in [-0.2, -0.15) is 0 Å². The molecule has 1 saturated heterocycles. The zero-order valence-electron chi connectivity index (χ0n) is 10.4. The maximum Gasteiger partial charge on any atom is 0.175 e. The van der Waals surface area contributed by atoms with Crippen LogP contribution >= 0.6 is 0 Å². The number of benzene rings is 1. The van der Waals surface area contributed by atoms with Crippen LogP contribution in [0.25, 0.3) is 0 Å². The molecule has 1 heterocycles. The van der Waals surface area contributed by atoms with Crippen LogP contribution in [0.1, 0.15) is 18.5 Å². The monoisotopic (exact) mass is 287 g/mol. The van der Waals surface area contributed by atoms with E-state index in [1.54, 1.807) is 24.3 Å². The summed E-state index contributed by atoms with van der Waals surface area (Å²) in [6, 6.07) is 6.85. The Bertz CT molecular complexity index is 551. The minimum Gasteiger partial charge on any atom is -0.308 e. The van der Waals surface area contributed by atoms with Gasteiger partial charge in [0.1, 0.15) is 0 Å². The van der Waals surface area contributed by atoms with E-state index in [0.29, 0.717) is 10.6 Å². The van der Waals surface area contributed by atoms with Crippen molar-refractivity contribution in [2.45, 2.75) is 23.1 Å². The minimum absolute atomic E-state index is 0.0515. The fourth-order valence-corrected chi connectivity index (χ4v) is 3.83. The van der Waals surface area contributed by atoms with Gasteiger partial charge in [-0.3, -0.25) is 4.21 Å². The van der Waals surface area contributed by atoms with Gasteiger partial charge in [0, 0.05) is 40.6 Å². The summed E-state index contributed by atoms with van der Waals surface area (Å²) in [6.07, 6.45) is 1.19. The van der Waals surface area contributed by atoms with Crippen LogP contribution in [0.2, 0.25) is 0 Å². The molecular weight excluding hydrogens is 270 g/mol. The number of rotatable bonds is 2. The molecule has 0 aromatic heterocycles. The Morgan fingerprint density at radius 1 is 1.28 bits per heavy atom. The first-order valence-electron chi connectivity index (χ1n) is 5.78. The summed E-state index contributed by atoms with van der Waals surface area (Å²) < 4.78 is 34.5. The molecule has 3 atom stereocenters. The molecule has 3 unspecified atom stereocenters. The van der Waals surface area contributed by atoms with Crippen LogP contribution in [0.5, 0.6) is 0 Å². The Hall–Kier alpha value is -0.720. The number of hydrogen-bond acceptors (Lipinski definition) is 4. The second-order valence-electron chi connectivity index (χ2n) is 4.66. The molecule has 1 aromatic carbocycles. The van der Waals surface area contributed by atoms with Gasteiger partial charge in [-0.25, -0.2) is 8.42 Å². The van der Waals surface area contributed by atoms with Crippen LogP contribution < -0.4 is 5.32 Å². The molecule has 1 aromatic rings. The molecule has 0 amide bonds. The average molecular weight is 287 g/mol. The summed E-state index contributed by atoms with van der Waals surface area (Å²) in [5.74, 6) is 0.583. The summed E-state index contributed by atoms with van der Waals surface area (Å²) >= 11 is 0. The highest BCUT2D eigenvalue weighted by atomic mass is 32.2. The van der Waals surface area contributed by atoms with Crippen molar-refractivity contribution >= 4 is 20.6 Å². The normalized spacial score (nSPS) is 29.1. The summed E-state index contributed by atoms with van der Waals surface area (Å²) in [5.41, 5.74) is 0.989. The van der Waals surface area contributed by atoms with Crippen LogP contribution in [-0.4, -0.2) is 36.4 Å². The Labute approximate surface area is 110 Å². The van der Waals surface area contributed by atoms with Gasteiger partial charge in [0.05, 0.1) is 4.90 Å². The molecule has 0 bridgehead atoms. The van der Waals surface area contributed by atoms with Gasteiger partial charge in [-0.05, 0) is 24.6 Å². The van der Waals surface area contributed by atoms with E-state index in [1.165, 1.54) is 6.26 Å². The smallest absolute Gasteiger partial charge is 0.175 e. The molecule has 1 aliphatic heterocycles. The number of hydrogen-bond donors (Lipinski definition) is 1.